The second-order valence-corrected chi connectivity index (χ2v) is 19.3. The number of aliphatic hydroxyl groups excluding tert-OH is 2. The Hall–Kier alpha value is -3.74. The van der Waals surface area contributed by atoms with E-state index in [-0.39, 0.29) is 24.9 Å². The van der Waals surface area contributed by atoms with E-state index in [4.69, 9.17) is 4.74 Å². The second-order valence-electron chi connectivity index (χ2n) is 19.3. The van der Waals surface area contributed by atoms with Crippen molar-refractivity contribution in [3.63, 3.8) is 0 Å². The summed E-state index contributed by atoms with van der Waals surface area (Å²) in [6.07, 6.45) is 79.8. The Bertz CT molecular complexity index is 1480. The molecule has 0 saturated carbocycles. The Morgan fingerprint density at radius 1 is 0.423 bits per heavy atom. The third kappa shape index (κ3) is 52.4. The van der Waals surface area contributed by atoms with Crippen molar-refractivity contribution < 1.29 is 24.5 Å². The summed E-state index contributed by atoms with van der Waals surface area (Å²) in [6.45, 7) is 6.24. The van der Waals surface area contributed by atoms with Gasteiger partial charge in [0.15, 0.2) is 0 Å². The number of carbonyl (C=O) groups is 2. The standard InChI is InChI=1S/C65H109NO5/c1-4-7-10-13-16-19-22-25-28-31-32-34-37-40-43-46-49-52-55-58-65(70)71-61(56-53-50-47-44-41-38-35-33-29-26-23-20-17-14-11-8-5-2)59-64(69)66-62(60-67)63(68)57-54-51-48-45-42-39-36-30-27-24-21-18-15-12-9-6-3/h7-8,10-11,16-17,19-20,25-26,28-29,32,34-35,38,40,43-44,47,61-63,67-68H,4-6,9,12-15,18,21-24,27,30-31,33,36-37,39,41-42,45-46,48-60H2,1-3H3,(H,66,69)/b10-7-,11-8-,19-16-,20-17-,28-25-,29-26-,34-32-,38-35-,43-40-,47-44-. The number of aliphatic hydroxyl groups is 2. The Morgan fingerprint density at radius 2 is 0.775 bits per heavy atom. The smallest absolute Gasteiger partial charge is 0.306 e. The molecule has 0 spiro atoms. The van der Waals surface area contributed by atoms with Gasteiger partial charge >= 0.3 is 5.97 Å². The van der Waals surface area contributed by atoms with Crippen LogP contribution in [0.4, 0.5) is 0 Å². The van der Waals surface area contributed by atoms with E-state index in [9.17, 15) is 19.8 Å². The Kier molecular flexibility index (Phi) is 54.2. The molecule has 0 aromatic carbocycles. The summed E-state index contributed by atoms with van der Waals surface area (Å²) >= 11 is 0. The molecule has 3 N–H and O–H groups in total. The lowest BCUT2D eigenvalue weighted by Crippen LogP contribution is -2.46. The van der Waals surface area contributed by atoms with Gasteiger partial charge < -0.3 is 20.3 Å². The average Bonchev–Trinajstić information content (AvgIpc) is 3.36. The number of hydrogen-bond donors (Lipinski definition) is 3. The number of ether oxygens (including phenoxy) is 1. The molecule has 0 aliphatic carbocycles. The molecular weight excluding hydrogens is 875 g/mol. The maximum absolute atomic E-state index is 13.3. The van der Waals surface area contributed by atoms with Crippen LogP contribution >= 0.6 is 0 Å². The molecule has 3 atom stereocenters. The summed E-state index contributed by atoms with van der Waals surface area (Å²) in [5, 5.41) is 23.9. The lowest BCUT2D eigenvalue weighted by molar-refractivity contribution is -0.151. The topological polar surface area (TPSA) is 95.9 Å². The molecule has 71 heavy (non-hydrogen) atoms. The average molecular weight is 985 g/mol. The first kappa shape index (κ1) is 67.3. The minimum absolute atomic E-state index is 0.0176. The third-order valence-electron chi connectivity index (χ3n) is 12.5. The van der Waals surface area contributed by atoms with Gasteiger partial charge in [-0.05, 0) is 109 Å². The molecule has 6 nitrogen and oxygen atoms in total. The van der Waals surface area contributed by atoms with Crippen molar-refractivity contribution in [2.75, 3.05) is 6.61 Å². The van der Waals surface area contributed by atoms with Gasteiger partial charge in [-0.3, -0.25) is 9.59 Å². The zero-order valence-corrected chi connectivity index (χ0v) is 46.1. The Morgan fingerprint density at radius 3 is 1.17 bits per heavy atom. The van der Waals surface area contributed by atoms with Crippen molar-refractivity contribution in [2.24, 2.45) is 0 Å². The number of unbranched alkanes of at least 4 members (excludes halogenated alkanes) is 19. The normalized spacial score (nSPS) is 14.0. The molecule has 0 fully saturated rings. The van der Waals surface area contributed by atoms with Crippen LogP contribution in [0.25, 0.3) is 0 Å². The molecule has 0 saturated heterocycles. The molecule has 1 amide bonds. The highest BCUT2D eigenvalue weighted by Gasteiger charge is 2.24. The van der Waals surface area contributed by atoms with Crippen LogP contribution in [0.3, 0.4) is 0 Å². The summed E-state index contributed by atoms with van der Waals surface area (Å²) in [5.74, 6) is -0.574. The number of nitrogens with one attached hydrogen (secondary N) is 1. The first-order valence-corrected chi connectivity index (χ1v) is 29.3. The van der Waals surface area contributed by atoms with Crippen molar-refractivity contribution >= 4 is 11.9 Å². The maximum Gasteiger partial charge on any atom is 0.306 e. The van der Waals surface area contributed by atoms with Crippen LogP contribution in [-0.2, 0) is 14.3 Å². The van der Waals surface area contributed by atoms with Crippen LogP contribution in [0.15, 0.2) is 122 Å². The highest BCUT2D eigenvalue weighted by atomic mass is 16.5. The fraction of sp³-hybridized carbons (Fsp3) is 0.662. The van der Waals surface area contributed by atoms with E-state index in [1.807, 2.05) is 0 Å². The maximum atomic E-state index is 13.3. The van der Waals surface area contributed by atoms with E-state index < -0.39 is 18.2 Å². The van der Waals surface area contributed by atoms with Crippen LogP contribution in [0.1, 0.15) is 252 Å². The van der Waals surface area contributed by atoms with Crippen LogP contribution in [0.2, 0.25) is 0 Å². The van der Waals surface area contributed by atoms with Gasteiger partial charge in [0.25, 0.3) is 0 Å². The zero-order chi connectivity index (χ0) is 51.6. The number of hydrogen-bond acceptors (Lipinski definition) is 5. The van der Waals surface area contributed by atoms with E-state index in [1.165, 1.54) is 83.5 Å². The van der Waals surface area contributed by atoms with Gasteiger partial charge in [0, 0.05) is 6.42 Å². The summed E-state index contributed by atoms with van der Waals surface area (Å²) in [6, 6.07) is -0.737. The van der Waals surface area contributed by atoms with Crippen molar-refractivity contribution in [3.05, 3.63) is 122 Å². The predicted octanol–water partition coefficient (Wildman–Crippen LogP) is 18.4. The van der Waals surface area contributed by atoms with E-state index >= 15 is 0 Å². The minimum atomic E-state index is -0.818. The third-order valence-corrected chi connectivity index (χ3v) is 12.5. The molecule has 3 unspecified atom stereocenters. The summed E-state index contributed by atoms with van der Waals surface area (Å²) < 4.78 is 5.92. The van der Waals surface area contributed by atoms with Crippen molar-refractivity contribution in [3.8, 4) is 0 Å². The summed E-state index contributed by atoms with van der Waals surface area (Å²) in [5.41, 5.74) is 0. The lowest BCUT2D eigenvalue weighted by Gasteiger charge is -2.24. The molecule has 0 aromatic heterocycles. The van der Waals surface area contributed by atoms with Crippen LogP contribution in [0.5, 0.6) is 0 Å². The number of amides is 1. The van der Waals surface area contributed by atoms with E-state index in [2.05, 4.69) is 148 Å². The number of esters is 1. The monoisotopic (exact) mass is 984 g/mol. The molecule has 0 aromatic rings. The summed E-state index contributed by atoms with van der Waals surface area (Å²) in [4.78, 5) is 26.3. The van der Waals surface area contributed by atoms with Crippen molar-refractivity contribution in [1.29, 1.82) is 0 Å². The predicted molar refractivity (Wildman–Crippen MR) is 310 cm³/mol. The van der Waals surface area contributed by atoms with Gasteiger partial charge in [-0.15, -0.1) is 0 Å². The zero-order valence-electron chi connectivity index (χ0n) is 46.1. The Labute approximate surface area is 438 Å². The second kappa shape index (κ2) is 57.2. The molecule has 0 radical (unpaired) electrons. The fourth-order valence-electron chi connectivity index (χ4n) is 8.20. The SMILES string of the molecule is CC/C=C\C/C=C\C/C=C\C/C=C\C/C=C\CCCCCC(=O)OC(CCC/C=C\C/C=C\C/C=C\C/C=C\C/C=C\CC)CC(=O)NC(CO)C(O)CCCCCCCCCCCCCCCCCC. The quantitative estimate of drug-likeness (QED) is 0.0321. The first-order chi connectivity index (χ1) is 35.0. The number of carbonyl (C=O) groups excluding carboxylic acids is 2. The highest BCUT2D eigenvalue weighted by molar-refractivity contribution is 5.77. The van der Waals surface area contributed by atoms with Crippen LogP contribution in [-0.4, -0.2) is 46.9 Å². The number of rotatable bonds is 51. The molecular formula is C65H109NO5. The van der Waals surface area contributed by atoms with E-state index in [0.29, 0.717) is 19.3 Å². The molecule has 0 rings (SSSR count). The van der Waals surface area contributed by atoms with E-state index in [0.717, 1.165) is 122 Å². The van der Waals surface area contributed by atoms with Gasteiger partial charge in [0.05, 0.1) is 25.2 Å². The molecule has 0 heterocycles. The van der Waals surface area contributed by atoms with Gasteiger partial charge in [0.2, 0.25) is 5.91 Å². The largest absolute Gasteiger partial charge is 0.462 e. The van der Waals surface area contributed by atoms with Gasteiger partial charge in [-0.1, -0.05) is 251 Å². The first-order valence-electron chi connectivity index (χ1n) is 29.3. The summed E-state index contributed by atoms with van der Waals surface area (Å²) in [7, 11) is 0. The molecule has 0 bridgehead atoms. The molecule has 0 aliphatic rings. The van der Waals surface area contributed by atoms with Crippen molar-refractivity contribution in [1.82, 2.24) is 5.32 Å². The Balaban J connectivity index is 4.74. The minimum Gasteiger partial charge on any atom is -0.462 e. The van der Waals surface area contributed by atoms with Gasteiger partial charge in [-0.25, -0.2) is 0 Å². The highest BCUT2D eigenvalue weighted by Crippen LogP contribution is 2.17. The van der Waals surface area contributed by atoms with Crippen LogP contribution in [0, 0.1) is 0 Å². The van der Waals surface area contributed by atoms with Gasteiger partial charge in [0.1, 0.15) is 6.10 Å². The number of allylic oxidation sites excluding steroid dienone is 20. The van der Waals surface area contributed by atoms with Crippen molar-refractivity contribution in [2.45, 2.75) is 270 Å². The molecule has 0 aliphatic heterocycles. The fourth-order valence-corrected chi connectivity index (χ4v) is 8.20. The van der Waals surface area contributed by atoms with Gasteiger partial charge in [-0.2, -0.15) is 0 Å². The lowest BCUT2D eigenvalue weighted by atomic mass is 10.0. The van der Waals surface area contributed by atoms with Crippen LogP contribution < -0.4 is 5.32 Å². The molecule has 6 heteroatoms. The van der Waals surface area contributed by atoms with E-state index in [1.54, 1.807) is 0 Å². The molecule has 404 valence electrons.